The Kier molecular flexibility index (Phi) is 6.82. The minimum absolute atomic E-state index is 0.145. The quantitative estimate of drug-likeness (QED) is 0.278. The number of benzene rings is 3. The van der Waals surface area contributed by atoms with Crippen molar-refractivity contribution < 1.29 is 28.6 Å². The Labute approximate surface area is 218 Å². The van der Waals surface area contributed by atoms with Gasteiger partial charge in [0.05, 0.1) is 26.5 Å². The molecule has 0 saturated carbocycles. The SMILES string of the molecule is COc1ccc(N2C(=O)NC(=O)C(=Cc3cn(CCOc4ccccc4OC)c4ccccc34)C2=O)cc1. The summed E-state index contributed by atoms with van der Waals surface area (Å²) in [7, 11) is 3.11. The van der Waals surface area contributed by atoms with Crippen LogP contribution in [0.5, 0.6) is 17.2 Å². The summed E-state index contributed by atoms with van der Waals surface area (Å²) in [6, 6.07) is 20.7. The lowest BCUT2D eigenvalue weighted by atomic mass is 10.1. The van der Waals surface area contributed by atoms with Crippen LogP contribution >= 0.6 is 0 Å². The van der Waals surface area contributed by atoms with Crippen LogP contribution < -0.4 is 24.4 Å². The molecule has 4 amide bonds. The molecule has 4 aromatic rings. The zero-order valence-corrected chi connectivity index (χ0v) is 20.8. The van der Waals surface area contributed by atoms with E-state index < -0.39 is 17.8 Å². The highest BCUT2D eigenvalue weighted by Crippen LogP contribution is 2.29. The van der Waals surface area contributed by atoms with Crippen molar-refractivity contribution in [3.63, 3.8) is 0 Å². The van der Waals surface area contributed by atoms with Crippen LogP contribution in [-0.4, -0.2) is 43.2 Å². The second-order valence-electron chi connectivity index (χ2n) is 8.45. The Bertz CT molecular complexity index is 1550. The number of nitrogens with one attached hydrogen (secondary N) is 1. The number of barbiturate groups is 1. The van der Waals surface area contributed by atoms with Crippen LogP contribution in [0.15, 0.2) is 84.6 Å². The van der Waals surface area contributed by atoms with Crippen molar-refractivity contribution in [3.8, 4) is 17.2 Å². The summed E-state index contributed by atoms with van der Waals surface area (Å²) in [6.45, 7) is 0.882. The molecule has 9 nitrogen and oxygen atoms in total. The fourth-order valence-corrected chi connectivity index (χ4v) is 4.35. The first kappa shape index (κ1) is 24.6. The highest BCUT2D eigenvalue weighted by Gasteiger charge is 2.37. The van der Waals surface area contributed by atoms with E-state index in [4.69, 9.17) is 14.2 Å². The molecule has 3 aromatic carbocycles. The number of hydrogen-bond donors (Lipinski definition) is 1. The summed E-state index contributed by atoms with van der Waals surface area (Å²) >= 11 is 0. The van der Waals surface area contributed by atoms with Crippen LogP contribution in [-0.2, 0) is 16.1 Å². The maximum atomic E-state index is 13.3. The van der Waals surface area contributed by atoms with Crippen LogP contribution in [0.25, 0.3) is 17.0 Å². The summed E-state index contributed by atoms with van der Waals surface area (Å²) in [4.78, 5) is 39.6. The average molecular weight is 512 g/mol. The van der Waals surface area contributed by atoms with Gasteiger partial charge in [-0.05, 0) is 48.5 Å². The Morgan fingerprint density at radius 3 is 2.29 bits per heavy atom. The molecule has 1 aromatic heterocycles. The molecule has 1 aliphatic heterocycles. The number of para-hydroxylation sites is 3. The highest BCUT2D eigenvalue weighted by atomic mass is 16.5. The van der Waals surface area contributed by atoms with Gasteiger partial charge in [-0.2, -0.15) is 0 Å². The number of carbonyl (C=O) groups excluding carboxylic acids is 3. The summed E-state index contributed by atoms with van der Waals surface area (Å²) in [5.74, 6) is 0.406. The van der Waals surface area contributed by atoms with Crippen molar-refractivity contribution in [1.82, 2.24) is 9.88 Å². The van der Waals surface area contributed by atoms with E-state index in [1.165, 1.54) is 13.2 Å². The van der Waals surface area contributed by atoms with E-state index in [-0.39, 0.29) is 5.57 Å². The van der Waals surface area contributed by atoms with E-state index in [0.717, 1.165) is 15.8 Å². The lowest BCUT2D eigenvalue weighted by molar-refractivity contribution is -0.122. The number of ether oxygens (including phenoxy) is 3. The van der Waals surface area contributed by atoms with Gasteiger partial charge < -0.3 is 18.8 Å². The van der Waals surface area contributed by atoms with E-state index in [9.17, 15) is 14.4 Å². The third kappa shape index (κ3) is 4.69. The van der Waals surface area contributed by atoms with Crippen molar-refractivity contribution >= 4 is 40.5 Å². The van der Waals surface area contributed by atoms with Gasteiger partial charge in [0.25, 0.3) is 11.8 Å². The number of fused-ring (bicyclic) bond motifs is 1. The molecule has 0 spiro atoms. The van der Waals surface area contributed by atoms with Gasteiger partial charge in [-0.25, -0.2) is 9.69 Å². The standard InChI is InChI=1S/C29H25N3O6/c1-36-21-13-11-20(12-14-21)32-28(34)23(27(33)30-29(32)35)17-19-18-31(24-8-4-3-7-22(19)24)15-16-38-26-10-6-5-9-25(26)37-2/h3-14,17-18H,15-16H2,1-2H3,(H,30,33,35). The predicted octanol–water partition coefficient (Wildman–Crippen LogP) is 4.40. The Morgan fingerprint density at radius 2 is 1.55 bits per heavy atom. The van der Waals surface area contributed by atoms with Gasteiger partial charge in [0.2, 0.25) is 0 Å². The molecular formula is C29H25N3O6. The molecule has 0 atom stereocenters. The van der Waals surface area contributed by atoms with Crippen molar-refractivity contribution in [2.75, 3.05) is 25.7 Å². The minimum Gasteiger partial charge on any atom is -0.497 e. The smallest absolute Gasteiger partial charge is 0.335 e. The fourth-order valence-electron chi connectivity index (χ4n) is 4.35. The maximum Gasteiger partial charge on any atom is 0.335 e. The van der Waals surface area contributed by atoms with E-state index in [1.54, 1.807) is 31.4 Å². The zero-order valence-electron chi connectivity index (χ0n) is 20.8. The molecule has 38 heavy (non-hydrogen) atoms. The molecule has 5 rings (SSSR count). The fraction of sp³-hybridized carbons (Fsp3) is 0.138. The largest absolute Gasteiger partial charge is 0.497 e. The van der Waals surface area contributed by atoms with Crippen molar-refractivity contribution in [2.24, 2.45) is 0 Å². The lowest BCUT2D eigenvalue weighted by Crippen LogP contribution is -2.54. The van der Waals surface area contributed by atoms with Crippen LogP contribution in [0, 0.1) is 0 Å². The van der Waals surface area contributed by atoms with Crippen molar-refractivity contribution in [1.29, 1.82) is 0 Å². The van der Waals surface area contributed by atoms with Crippen molar-refractivity contribution in [3.05, 3.63) is 90.1 Å². The molecule has 1 saturated heterocycles. The second-order valence-corrected chi connectivity index (χ2v) is 8.45. The number of aromatic nitrogens is 1. The molecule has 9 heteroatoms. The highest BCUT2D eigenvalue weighted by molar-refractivity contribution is 6.39. The van der Waals surface area contributed by atoms with Crippen LogP contribution in [0.4, 0.5) is 10.5 Å². The minimum atomic E-state index is -0.807. The van der Waals surface area contributed by atoms with Gasteiger partial charge in [-0.3, -0.25) is 14.9 Å². The third-order valence-corrected chi connectivity index (χ3v) is 6.21. The number of amides is 4. The number of nitrogens with zero attached hydrogens (tertiary/aromatic N) is 2. The molecule has 0 radical (unpaired) electrons. The number of rotatable bonds is 8. The van der Waals surface area contributed by atoms with Gasteiger partial charge in [-0.15, -0.1) is 0 Å². The van der Waals surface area contributed by atoms with Gasteiger partial charge in [0.15, 0.2) is 11.5 Å². The molecule has 0 aliphatic carbocycles. The molecule has 0 bridgehead atoms. The first-order valence-corrected chi connectivity index (χ1v) is 11.9. The van der Waals surface area contributed by atoms with Crippen molar-refractivity contribution in [2.45, 2.75) is 6.54 Å². The second kappa shape index (κ2) is 10.5. The van der Waals surface area contributed by atoms with Gasteiger partial charge in [0, 0.05) is 22.7 Å². The molecule has 0 unspecified atom stereocenters. The molecular weight excluding hydrogens is 486 g/mol. The molecule has 1 N–H and O–H groups in total. The Hall–Kier alpha value is -5.05. The Morgan fingerprint density at radius 1 is 0.842 bits per heavy atom. The van der Waals surface area contributed by atoms with Crippen LogP contribution in [0.2, 0.25) is 0 Å². The normalized spacial score (nSPS) is 14.6. The predicted molar refractivity (Wildman–Crippen MR) is 142 cm³/mol. The maximum absolute atomic E-state index is 13.3. The van der Waals surface area contributed by atoms with E-state index in [1.807, 2.05) is 59.3 Å². The molecule has 1 aliphatic rings. The zero-order chi connectivity index (χ0) is 26.6. The third-order valence-electron chi connectivity index (χ3n) is 6.21. The summed E-state index contributed by atoms with van der Waals surface area (Å²) in [5.41, 5.74) is 1.76. The Balaban J connectivity index is 1.44. The van der Waals surface area contributed by atoms with Gasteiger partial charge in [0.1, 0.15) is 17.9 Å². The number of methoxy groups -OCH3 is 2. The van der Waals surface area contributed by atoms with E-state index >= 15 is 0 Å². The lowest BCUT2D eigenvalue weighted by Gasteiger charge is -2.26. The monoisotopic (exact) mass is 511 g/mol. The van der Waals surface area contributed by atoms with Crippen LogP contribution in [0.1, 0.15) is 5.56 Å². The summed E-state index contributed by atoms with van der Waals surface area (Å²) in [5, 5.41) is 3.12. The average Bonchev–Trinajstić information content (AvgIpc) is 3.29. The van der Waals surface area contributed by atoms with E-state index in [0.29, 0.717) is 41.7 Å². The number of carbonyl (C=O) groups is 3. The van der Waals surface area contributed by atoms with Gasteiger partial charge in [-0.1, -0.05) is 30.3 Å². The van der Waals surface area contributed by atoms with E-state index in [2.05, 4.69) is 5.32 Å². The topological polar surface area (TPSA) is 99.1 Å². The molecule has 1 fully saturated rings. The number of imide groups is 2. The first-order valence-electron chi connectivity index (χ1n) is 11.9. The number of urea groups is 1. The number of hydrogen-bond acceptors (Lipinski definition) is 6. The number of anilines is 1. The molecule has 2 heterocycles. The summed E-state index contributed by atoms with van der Waals surface area (Å²) < 4.78 is 18.4. The first-order chi connectivity index (χ1) is 18.5. The van der Waals surface area contributed by atoms with Gasteiger partial charge >= 0.3 is 6.03 Å². The molecule has 192 valence electrons. The summed E-state index contributed by atoms with van der Waals surface area (Å²) in [6.07, 6.45) is 3.37. The van der Waals surface area contributed by atoms with Crippen LogP contribution in [0.3, 0.4) is 0 Å².